The van der Waals surface area contributed by atoms with Crippen LogP contribution in [0.4, 0.5) is 0 Å². The first-order valence-electron chi connectivity index (χ1n) is 4.82. The molecule has 0 spiro atoms. The Morgan fingerprint density at radius 2 is 2.50 bits per heavy atom. The number of hydrogen-bond acceptors (Lipinski definition) is 7. The van der Waals surface area contributed by atoms with Crippen LogP contribution < -0.4 is 5.32 Å². The topological polar surface area (TPSA) is 68.5 Å². The van der Waals surface area contributed by atoms with Crippen LogP contribution in [0.1, 0.15) is 5.01 Å². The maximum atomic E-state index is 4.21. The quantitative estimate of drug-likeness (QED) is 0.765. The van der Waals surface area contributed by atoms with Crippen molar-refractivity contribution in [3.05, 3.63) is 16.6 Å². The van der Waals surface area contributed by atoms with Crippen molar-refractivity contribution in [1.29, 1.82) is 0 Å². The first-order valence-corrected chi connectivity index (χ1v) is 6.68. The molecule has 0 amide bonds. The van der Waals surface area contributed by atoms with E-state index in [9.17, 15) is 0 Å². The van der Waals surface area contributed by atoms with Gasteiger partial charge in [-0.15, -0.1) is 16.4 Å². The van der Waals surface area contributed by atoms with Crippen LogP contribution in [0.3, 0.4) is 0 Å². The van der Waals surface area contributed by atoms with Crippen molar-refractivity contribution in [1.82, 2.24) is 30.5 Å². The molecule has 16 heavy (non-hydrogen) atoms. The molecule has 0 radical (unpaired) electrons. The summed E-state index contributed by atoms with van der Waals surface area (Å²) < 4.78 is 1.80. The zero-order chi connectivity index (χ0) is 11.2. The Bertz CT molecular complexity index is 412. The second-order valence-corrected chi connectivity index (χ2v) is 4.92. The van der Waals surface area contributed by atoms with Crippen LogP contribution in [-0.2, 0) is 12.3 Å². The predicted molar refractivity (Wildman–Crippen MR) is 63.4 cm³/mol. The van der Waals surface area contributed by atoms with Gasteiger partial charge in [-0.1, -0.05) is 11.8 Å². The van der Waals surface area contributed by atoms with Crippen molar-refractivity contribution >= 4 is 23.1 Å². The minimum atomic E-state index is 0.781. The number of tetrazole rings is 1. The van der Waals surface area contributed by atoms with Gasteiger partial charge in [0.05, 0.1) is 12.3 Å². The Morgan fingerprint density at radius 1 is 1.56 bits per heavy atom. The van der Waals surface area contributed by atoms with Crippen LogP contribution in [0.5, 0.6) is 0 Å². The van der Waals surface area contributed by atoms with Crippen molar-refractivity contribution in [3.63, 3.8) is 0 Å². The molecule has 2 aromatic rings. The van der Waals surface area contributed by atoms with Gasteiger partial charge in [0.2, 0.25) is 5.16 Å². The van der Waals surface area contributed by atoms with Crippen LogP contribution >= 0.6 is 23.1 Å². The molecule has 0 aromatic carbocycles. The Labute approximate surface area is 101 Å². The molecule has 0 aliphatic rings. The molecular formula is C8H12N6S2. The molecule has 2 aromatic heterocycles. The van der Waals surface area contributed by atoms with Crippen molar-refractivity contribution in [2.45, 2.75) is 17.5 Å². The van der Waals surface area contributed by atoms with Crippen LogP contribution in [0.2, 0.25) is 0 Å². The SMILES string of the molecule is CNCCn1nnnc1SCc1nccs1. The summed E-state index contributed by atoms with van der Waals surface area (Å²) in [5.74, 6) is 0.817. The lowest BCUT2D eigenvalue weighted by atomic mass is 10.6. The second-order valence-electron chi connectivity index (χ2n) is 3.00. The summed E-state index contributed by atoms with van der Waals surface area (Å²) in [6, 6.07) is 0. The summed E-state index contributed by atoms with van der Waals surface area (Å²) in [7, 11) is 1.91. The van der Waals surface area contributed by atoms with E-state index in [0.29, 0.717) is 0 Å². The Morgan fingerprint density at radius 3 is 3.25 bits per heavy atom. The highest BCUT2D eigenvalue weighted by atomic mass is 32.2. The first-order chi connectivity index (χ1) is 7.90. The summed E-state index contributed by atoms with van der Waals surface area (Å²) in [4.78, 5) is 4.21. The number of hydrogen-bond donors (Lipinski definition) is 1. The molecular weight excluding hydrogens is 244 g/mol. The van der Waals surface area contributed by atoms with E-state index in [1.54, 1.807) is 27.8 Å². The van der Waals surface area contributed by atoms with Crippen LogP contribution in [-0.4, -0.2) is 38.8 Å². The first kappa shape index (κ1) is 11.5. The summed E-state index contributed by atoms with van der Waals surface area (Å²) in [5.41, 5.74) is 0. The molecule has 0 aliphatic heterocycles. The zero-order valence-corrected chi connectivity index (χ0v) is 10.5. The lowest BCUT2D eigenvalue weighted by Crippen LogP contribution is -2.16. The van der Waals surface area contributed by atoms with Gasteiger partial charge in [-0.3, -0.25) is 0 Å². The van der Waals surface area contributed by atoms with E-state index >= 15 is 0 Å². The van der Waals surface area contributed by atoms with E-state index in [1.807, 2.05) is 18.6 Å². The van der Waals surface area contributed by atoms with E-state index in [1.165, 1.54) is 0 Å². The molecule has 8 heteroatoms. The van der Waals surface area contributed by atoms with Gasteiger partial charge < -0.3 is 5.32 Å². The average molecular weight is 256 g/mol. The van der Waals surface area contributed by atoms with Crippen molar-refractivity contribution in [3.8, 4) is 0 Å². The number of aromatic nitrogens is 5. The molecule has 0 saturated carbocycles. The van der Waals surface area contributed by atoms with Gasteiger partial charge in [0.25, 0.3) is 0 Å². The summed E-state index contributed by atoms with van der Waals surface area (Å²) >= 11 is 3.26. The lowest BCUT2D eigenvalue weighted by Gasteiger charge is -2.02. The number of nitrogens with one attached hydrogen (secondary N) is 1. The largest absolute Gasteiger partial charge is 0.318 e. The molecule has 0 fully saturated rings. The van der Waals surface area contributed by atoms with E-state index < -0.39 is 0 Å². The average Bonchev–Trinajstić information content (AvgIpc) is 2.94. The molecule has 0 saturated heterocycles. The van der Waals surface area contributed by atoms with Crippen LogP contribution in [0.25, 0.3) is 0 Å². The van der Waals surface area contributed by atoms with Crippen LogP contribution in [0.15, 0.2) is 16.7 Å². The minimum absolute atomic E-state index is 0.781. The monoisotopic (exact) mass is 256 g/mol. The van der Waals surface area contributed by atoms with Gasteiger partial charge >= 0.3 is 0 Å². The Balaban J connectivity index is 1.91. The molecule has 0 bridgehead atoms. The number of thioether (sulfide) groups is 1. The fourth-order valence-corrected chi connectivity index (χ4v) is 2.66. The van der Waals surface area contributed by atoms with E-state index in [2.05, 4.69) is 25.8 Å². The third-order valence-electron chi connectivity index (χ3n) is 1.88. The standard InChI is InChI=1S/C8H12N6S2/c1-9-2-4-14-8(11-12-13-14)16-6-7-10-3-5-15-7/h3,5,9H,2,4,6H2,1H3. The van der Waals surface area contributed by atoms with Gasteiger partial charge in [-0.25, -0.2) is 9.67 Å². The van der Waals surface area contributed by atoms with Crippen LogP contribution in [0, 0.1) is 0 Å². The number of rotatable bonds is 6. The fraction of sp³-hybridized carbons (Fsp3) is 0.500. The normalized spacial score (nSPS) is 10.8. The molecule has 2 heterocycles. The molecule has 0 atom stereocenters. The zero-order valence-electron chi connectivity index (χ0n) is 8.83. The highest BCUT2D eigenvalue weighted by molar-refractivity contribution is 7.98. The second kappa shape index (κ2) is 5.92. The van der Waals surface area contributed by atoms with Gasteiger partial charge in [-0.2, -0.15) is 0 Å². The molecule has 2 rings (SSSR count). The lowest BCUT2D eigenvalue weighted by molar-refractivity contribution is 0.530. The maximum absolute atomic E-state index is 4.21. The van der Waals surface area contributed by atoms with Gasteiger partial charge in [0.1, 0.15) is 5.01 Å². The predicted octanol–water partition coefficient (Wildman–Crippen LogP) is 0.641. The molecule has 0 aliphatic carbocycles. The summed E-state index contributed by atoms with van der Waals surface area (Å²) in [6.07, 6.45) is 1.81. The summed E-state index contributed by atoms with van der Waals surface area (Å²) in [5, 5.41) is 18.6. The van der Waals surface area contributed by atoms with Gasteiger partial charge in [0.15, 0.2) is 0 Å². The highest BCUT2D eigenvalue weighted by Gasteiger charge is 2.07. The minimum Gasteiger partial charge on any atom is -0.318 e. The van der Waals surface area contributed by atoms with Crippen molar-refractivity contribution < 1.29 is 0 Å². The fourth-order valence-electron chi connectivity index (χ4n) is 1.11. The highest BCUT2D eigenvalue weighted by Crippen LogP contribution is 2.20. The van der Waals surface area contributed by atoms with E-state index in [0.717, 1.165) is 29.0 Å². The molecule has 86 valence electrons. The van der Waals surface area contributed by atoms with Crippen molar-refractivity contribution in [2.75, 3.05) is 13.6 Å². The van der Waals surface area contributed by atoms with Gasteiger partial charge in [-0.05, 0) is 17.5 Å². The van der Waals surface area contributed by atoms with Crippen molar-refractivity contribution in [2.24, 2.45) is 0 Å². The Hall–Kier alpha value is -0.990. The van der Waals surface area contributed by atoms with Gasteiger partial charge in [0, 0.05) is 18.1 Å². The van der Waals surface area contributed by atoms with E-state index in [-0.39, 0.29) is 0 Å². The maximum Gasteiger partial charge on any atom is 0.209 e. The molecule has 1 N–H and O–H groups in total. The molecule has 6 nitrogen and oxygen atoms in total. The van der Waals surface area contributed by atoms with E-state index in [4.69, 9.17) is 0 Å². The number of likely N-dealkylation sites (N-methyl/N-ethyl adjacent to an activating group) is 1. The summed E-state index contributed by atoms with van der Waals surface area (Å²) in [6.45, 7) is 1.64. The third kappa shape index (κ3) is 3.00. The third-order valence-corrected chi connectivity index (χ3v) is 3.81. The number of nitrogens with zero attached hydrogens (tertiary/aromatic N) is 5. The Kier molecular flexibility index (Phi) is 4.25. The number of thiazole rings is 1. The smallest absolute Gasteiger partial charge is 0.209 e. The molecule has 0 unspecified atom stereocenters.